The Morgan fingerprint density at radius 1 is 1.00 bits per heavy atom. The zero-order chi connectivity index (χ0) is 26.5. The number of anilines is 1. The third kappa shape index (κ3) is 8.86. The van der Waals surface area contributed by atoms with Crippen LogP contribution in [-0.4, -0.2) is 53.2 Å². The van der Waals surface area contributed by atoms with Crippen molar-refractivity contribution in [1.29, 1.82) is 0 Å². The van der Waals surface area contributed by atoms with Crippen molar-refractivity contribution in [3.63, 3.8) is 0 Å². The number of nitrogens with zero attached hydrogens (tertiary/aromatic N) is 3. The lowest BCUT2D eigenvalue weighted by Crippen LogP contribution is -2.28. The lowest BCUT2D eigenvalue weighted by atomic mass is 10.1. The number of ketones is 1. The van der Waals surface area contributed by atoms with Crippen molar-refractivity contribution in [3.05, 3.63) is 96.4 Å². The number of nitrogens with one attached hydrogen (secondary N) is 1. The zero-order valence-electron chi connectivity index (χ0n) is 20.5. The molecule has 1 heterocycles. The van der Waals surface area contributed by atoms with Crippen molar-refractivity contribution >= 4 is 34.8 Å². The summed E-state index contributed by atoms with van der Waals surface area (Å²) in [5, 5.41) is 18.0. The van der Waals surface area contributed by atoms with E-state index in [1.54, 1.807) is 36.4 Å². The Morgan fingerprint density at radius 2 is 1.67 bits per heavy atom. The first-order chi connectivity index (χ1) is 17.2. The molecule has 0 fully saturated rings. The first-order valence-corrected chi connectivity index (χ1v) is 10.9. The number of ether oxygens (including phenoxy) is 1. The number of Topliss-reactive ketones (excluding diaryl/α,β-unsaturated/α-hetero) is 1. The van der Waals surface area contributed by atoms with Crippen LogP contribution in [0.5, 0.6) is 5.75 Å². The van der Waals surface area contributed by atoms with Crippen molar-refractivity contribution < 1.29 is 24.2 Å². The molecule has 2 N–H and O–H groups in total. The van der Waals surface area contributed by atoms with Crippen LogP contribution in [0.4, 0.5) is 5.69 Å². The summed E-state index contributed by atoms with van der Waals surface area (Å²) in [5.41, 5.74) is 2.72. The van der Waals surface area contributed by atoms with Crippen LogP contribution >= 0.6 is 0 Å². The van der Waals surface area contributed by atoms with E-state index in [1.165, 1.54) is 14.0 Å². The molecular formula is C27H28N4O5. The van der Waals surface area contributed by atoms with E-state index in [9.17, 15) is 9.59 Å². The Hall–Kier alpha value is -4.79. The molecule has 9 heteroatoms. The van der Waals surface area contributed by atoms with Crippen LogP contribution in [0, 0.1) is 0 Å². The number of carboxylic acid groups (broad SMARTS) is 1. The van der Waals surface area contributed by atoms with Gasteiger partial charge in [0.1, 0.15) is 5.75 Å². The summed E-state index contributed by atoms with van der Waals surface area (Å²) in [6.45, 7) is 2.35. The van der Waals surface area contributed by atoms with Gasteiger partial charge >= 0.3 is 0 Å². The molecule has 0 atom stereocenters. The number of allylic oxidation sites excluding steroid dienone is 10. The van der Waals surface area contributed by atoms with Gasteiger partial charge in [-0.15, -0.1) is 5.10 Å². The average molecular weight is 489 g/mol. The number of amides is 1. The van der Waals surface area contributed by atoms with E-state index < -0.39 is 17.7 Å². The monoisotopic (exact) mass is 488 g/mol. The minimum atomic E-state index is -0.833. The SMILES string of the molecule is CC(=O)O.COc1ccccc1NC(=O)C(=NN=C1C=CC(=CC=C2C=CC=CN2C)C=C1)C(C)=O. The van der Waals surface area contributed by atoms with Gasteiger partial charge in [-0.1, -0.05) is 36.4 Å². The van der Waals surface area contributed by atoms with Crippen molar-refractivity contribution in [1.82, 2.24) is 4.90 Å². The summed E-state index contributed by atoms with van der Waals surface area (Å²) < 4.78 is 5.21. The normalized spacial score (nSPS) is 15.3. The summed E-state index contributed by atoms with van der Waals surface area (Å²) in [6.07, 6.45) is 19.3. The number of carbonyl (C=O) groups excluding carboxylic acids is 2. The standard InChI is InChI=1S/C25H24N4O3.C2H4O2/c1-18(30)24(25(31)26-22-9-4-5-10-23(22)32-3)28-27-20-14-11-19(12-15-20)13-16-21-8-6-7-17-29(21)2;1-2(3)4/h4-17H,1-3H3,(H,26,31);1H3,(H,3,4). The Morgan fingerprint density at radius 3 is 2.28 bits per heavy atom. The Balaban J connectivity index is 0.00000106. The molecule has 3 rings (SSSR count). The number of hydrogen-bond donors (Lipinski definition) is 2. The molecule has 0 aromatic heterocycles. The Kier molecular flexibility index (Phi) is 10.5. The number of benzene rings is 1. The summed E-state index contributed by atoms with van der Waals surface area (Å²) in [6, 6.07) is 6.91. The second-order valence-corrected chi connectivity index (χ2v) is 7.44. The molecule has 0 bridgehead atoms. The molecule has 1 aromatic carbocycles. The maximum absolute atomic E-state index is 12.6. The first-order valence-electron chi connectivity index (χ1n) is 10.9. The van der Waals surface area contributed by atoms with E-state index in [4.69, 9.17) is 14.6 Å². The maximum Gasteiger partial charge on any atom is 0.300 e. The molecule has 1 amide bonds. The first kappa shape index (κ1) is 27.5. The van der Waals surface area contributed by atoms with Crippen LogP contribution in [0.2, 0.25) is 0 Å². The lowest BCUT2D eigenvalue weighted by molar-refractivity contribution is -0.134. The third-order valence-corrected chi connectivity index (χ3v) is 4.60. The molecular weight excluding hydrogens is 460 g/mol. The lowest BCUT2D eigenvalue weighted by Gasteiger charge is -2.17. The zero-order valence-corrected chi connectivity index (χ0v) is 20.5. The van der Waals surface area contributed by atoms with Gasteiger partial charge in [0.25, 0.3) is 11.9 Å². The molecule has 2 aliphatic rings. The molecule has 36 heavy (non-hydrogen) atoms. The fourth-order valence-electron chi connectivity index (χ4n) is 2.86. The van der Waals surface area contributed by atoms with Crippen molar-refractivity contribution in [2.24, 2.45) is 10.2 Å². The van der Waals surface area contributed by atoms with E-state index in [1.807, 2.05) is 60.7 Å². The smallest absolute Gasteiger partial charge is 0.300 e. The highest BCUT2D eigenvalue weighted by molar-refractivity contribution is 6.67. The Labute approximate surface area is 209 Å². The van der Waals surface area contributed by atoms with Gasteiger partial charge in [-0.25, -0.2) is 0 Å². The highest BCUT2D eigenvalue weighted by Gasteiger charge is 2.18. The molecule has 1 aliphatic heterocycles. The topological polar surface area (TPSA) is 121 Å². The summed E-state index contributed by atoms with van der Waals surface area (Å²) in [5.74, 6) is -1.49. The van der Waals surface area contributed by atoms with Crippen molar-refractivity contribution in [2.45, 2.75) is 13.8 Å². The van der Waals surface area contributed by atoms with Gasteiger partial charge in [0.2, 0.25) is 0 Å². The molecule has 0 unspecified atom stereocenters. The molecule has 0 saturated carbocycles. The van der Waals surface area contributed by atoms with E-state index in [0.29, 0.717) is 17.1 Å². The van der Waals surface area contributed by atoms with Crippen molar-refractivity contribution in [2.75, 3.05) is 19.5 Å². The van der Waals surface area contributed by atoms with Gasteiger partial charge in [0, 0.05) is 32.8 Å². The van der Waals surface area contributed by atoms with Crippen molar-refractivity contribution in [3.8, 4) is 5.75 Å². The van der Waals surface area contributed by atoms with E-state index >= 15 is 0 Å². The number of aliphatic carboxylic acids is 1. The quantitative estimate of drug-likeness (QED) is 0.354. The predicted molar refractivity (Wildman–Crippen MR) is 141 cm³/mol. The molecule has 186 valence electrons. The Bertz CT molecular complexity index is 1220. The van der Waals surface area contributed by atoms with Gasteiger partial charge in [-0.2, -0.15) is 5.10 Å². The fourth-order valence-corrected chi connectivity index (χ4v) is 2.86. The van der Waals surface area contributed by atoms with Gasteiger partial charge in [0.15, 0.2) is 11.5 Å². The highest BCUT2D eigenvalue weighted by atomic mass is 16.5. The number of likely N-dealkylation sites (N-methyl/N-ethyl adjacent to an activating group) is 1. The number of carboxylic acids is 1. The fraction of sp³-hybridized carbons (Fsp3) is 0.148. The molecule has 0 radical (unpaired) electrons. The van der Waals surface area contributed by atoms with Crippen LogP contribution < -0.4 is 10.1 Å². The van der Waals surface area contributed by atoms with Gasteiger partial charge < -0.3 is 20.1 Å². The number of methoxy groups -OCH3 is 1. The predicted octanol–water partition coefficient (Wildman–Crippen LogP) is 4.06. The molecule has 1 aliphatic carbocycles. The van der Waals surface area contributed by atoms with E-state index in [-0.39, 0.29) is 5.71 Å². The van der Waals surface area contributed by atoms with Gasteiger partial charge in [-0.05, 0) is 48.1 Å². The second kappa shape index (κ2) is 13.8. The molecule has 0 saturated heterocycles. The minimum Gasteiger partial charge on any atom is -0.495 e. The van der Waals surface area contributed by atoms with Crippen LogP contribution in [0.25, 0.3) is 0 Å². The molecule has 9 nitrogen and oxygen atoms in total. The second-order valence-electron chi connectivity index (χ2n) is 7.44. The van der Waals surface area contributed by atoms with E-state index in [2.05, 4.69) is 15.5 Å². The summed E-state index contributed by atoms with van der Waals surface area (Å²) in [7, 11) is 3.48. The maximum atomic E-state index is 12.6. The number of rotatable bonds is 6. The van der Waals surface area contributed by atoms with Crippen LogP contribution in [0.3, 0.4) is 0 Å². The van der Waals surface area contributed by atoms with Gasteiger partial charge in [0.05, 0.1) is 18.5 Å². The number of para-hydroxylation sites is 2. The summed E-state index contributed by atoms with van der Waals surface area (Å²) in [4.78, 5) is 35.5. The number of carbonyl (C=O) groups is 3. The molecule has 0 spiro atoms. The largest absolute Gasteiger partial charge is 0.495 e. The van der Waals surface area contributed by atoms with Gasteiger partial charge in [-0.3, -0.25) is 14.4 Å². The number of hydrogen-bond acceptors (Lipinski definition) is 7. The van der Waals surface area contributed by atoms with Crippen LogP contribution in [0.1, 0.15) is 13.8 Å². The summed E-state index contributed by atoms with van der Waals surface area (Å²) >= 11 is 0. The van der Waals surface area contributed by atoms with E-state index in [0.717, 1.165) is 18.2 Å². The average Bonchev–Trinajstić information content (AvgIpc) is 2.84. The highest BCUT2D eigenvalue weighted by Crippen LogP contribution is 2.23. The van der Waals surface area contributed by atoms with Crippen LogP contribution in [0.15, 0.2) is 107 Å². The third-order valence-electron chi connectivity index (χ3n) is 4.60. The van der Waals surface area contributed by atoms with Crippen LogP contribution in [-0.2, 0) is 14.4 Å². The minimum absolute atomic E-state index is 0.295. The molecule has 1 aromatic rings.